The molecule has 0 aliphatic heterocycles. The van der Waals surface area contributed by atoms with Crippen LogP contribution in [0.15, 0.2) is 29.6 Å². The molecule has 0 saturated heterocycles. The van der Waals surface area contributed by atoms with Gasteiger partial charge in [0, 0.05) is 10.9 Å². The number of hydrogen-bond donors (Lipinski definition) is 0. The van der Waals surface area contributed by atoms with Crippen LogP contribution in [0, 0.1) is 6.92 Å². The van der Waals surface area contributed by atoms with E-state index in [1.807, 2.05) is 36.6 Å². The van der Waals surface area contributed by atoms with E-state index in [1.54, 1.807) is 0 Å². The number of aromatic nitrogens is 1. The second kappa shape index (κ2) is 4.89. The Balaban J connectivity index is 2.31. The maximum atomic E-state index is 11.4. The quantitative estimate of drug-likeness (QED) is 0.638. The Morgan fingerprint density at radius 1 is 1.38 bits per heavy atom. The zero-order valence-electron chi connectivity index (χ0n) is 8.74. The molecule has 0 aliphatic carbocycles. The molecule has 0 bridgehead atoms. The minimum absolute atomic E-state index is 0.0309. The van der Waals surface area contributed by atoms with Crippen LogP contribution in [0.25, 0.3) is 11.3 Å². The number of Topliss-reactive ketones (excluding diaryl/α,β-unsaturated/α-hetero) is 1. The van der Waals surface area contributed by atoms with E-state index in [1.165, 1.54) is 16.9 Å². The molecule has 0 spiro atoms. The van der Waals surface area contributed by atoms with Gasteiger partial charge in [0.05, 0.1) is 11.0 Å². The van der Waals surface area contributed by atoms with Gasteiger partial charge in [-0.15, -0.1) is 11.3 Å². The van der Waals surface area contributed by atoms with E-state index in [4.69, 9.17) is 0 Å². The van der Waals surface area contributed by atoms with Gasteiger partial charge in [0.2, 0.25) is 5.78 Å². The minimum Gasteiger partial charge on any atom is -0.291 e. The van der Waals surface area contributed by atoms with E-state index in [9.17, 15) is 4.79 Å². The molecule has 1 aromatic carbocycles. The first-order valence-corrected chi connectivity index (χ1v) is 6.82. The summed E-state index contributed by atoms with van der Waals surface area (Å²) in [5, 5.41) is 2.81. The van der Waals surface area contributed by atoms with Gasteiger partial charge in [-0.3, -0.25) is 4.79 Å². The average molecular weight is 296 g/mol. The Kier molecular flexibility index (Phi) is 3.51. The van der Waals surface area contributed by atoms with Crippen molar-refractivity contribution in [3.63, 3.8) is 0 Å². The molecule has 0 unspecified atom stereocenters. The van der Waals surface area contributed by atoms with Crippen LogP contribution in [0.2, 0.25) is 0 Å². The van der Waals surface area contributed by atoms with Gasteiger partial charge in [-0.05, 0) is 6.92 Å². The third kappa shape index (κ3) is 2.39. The van der Waals surface area contributed by atoms with Crippen LogP contribution in [0.5, 0.6) is 0 Å². The predicted octanol–water partition coefficient (Wildman–Crippen LogP) is 3.70. The van der Waals surface area contributed by atoms with Gasteiger partial charge in [-0.25, -0.2) is 4.98 Å². The standard InChI is InChI=1S/C12H10BrNOS/c1-8-2-4-9(5-3-8)10-7-16-12(14-10)11(15)6-13/h2-5,7H,6H2,1H3. The predicted molar refractivity (Wildman–Crippen MR) is 70.4 cm³/mol. The number of ketones is 1. The molecule has 82 valence electrons. The Morgan fingerprint density at radius 3 is 2.69 bits per heavy atom. The van der Waals surface area contributed by atoms with E-state index < -0.39 is 0 Å². The Bertz CT molecular complexity index is 504. The second-order valence-electron chi connectivity index (χ2n) is 3.46. The van der Waals surface area contributed by atoms with E-state index in [-0.39, 0.29) is 5.78 Å². The van der Waals surface area contributed by atoms with Crippen molar-refractivity contribution >= 4 is 33.0 Å². The first kappa shape index (κ1) is 11.5. The van der Waals surface area contributed by atoms with E-state index in [0.717, 1.165) is 11.3 Å². The molecule has 2 aromatic rings. The fraction of sp³-hybridized carbons (Fsp3) is 0.167. The van der Waals surface area contributed by atoms with Gasteiger partial charge in [0.1, 0.15) is 0 Å². The smallest absolute Gasteiger partial charge is 0.201 e. The highest BCUT2D eigenvalue weighted by molar-refractivity contribution is 9.09. The third-order valence-electron chi connectivity index (χ3n) is 2.21. The SMILES string of the molecule is Cc1ccc(-c2csc(C(=O)CBr)n2)cc1. The maximum Gasteiger partial charge on any atom is 0.201 e. The zero-order valence-corrected chi connectivity index (χ0v) is 11.1. The molecule has 0 radical (unpaired) electrons. The van der Waals surface area contributed by atoms with Crippen molar-refractivity contribution in [2.24, 2.45) is 0 Å². The number of carbonyl (C=O) groups is 1. The molecule has 0 saturated carbocycles. The molecule has 0 N–H and O–H groups in total. The van der Waals surface area contributed by atoms with Gasteiger partial charge < -0.3 is 0 Å². The van der Waals surface area contributed by atoms with Crippen molar-refractivity contribution in [3.8, 4) is 11.3 Å². The van der Waals surface area contributed by atoms with Crippen LogP contribution < -0.4 is 0 Å². The van der Waals surface area contributed by atoms with Crippen LogP contribution in [0.1, 0.15) is 15.4 Å². The maximum absolute atomic E-state index is 11.4. The average Bonchev–Trinajstić information content (AvgIpc) is 2.78. The molecule has 1 aromatic heterocycles. The highest BCUT2D eigenvalue weighted by atomic mass is 79.9. The Hall–Kier alpha value is -1.00. The summed E-state index contributed by atoms with van der Waals surface area (Å²) in [5.41, 5.74) is 3.14. The summed E-state index contributed by atoms with van der Waals surface area (Å²) in [6, 6.07) is 8.13. The van der Waals surface area contributed by atoms with Gasteiger partial charge in [-0.2, -0.15) is 0 Å². The van der Waals surface area contributed by atoms with Crippen LogP contribution in [-0.2, 0) is 0 Å². The molecule has 4 heteroatoms. The number of alkyl halides is 1. The zero-order chi connectivity index (χ0) is 11.5. The number of rotatable bonds is 3. The molecule has 0 fully saturated rings. The van der Waals surface area contributed by atoms with E-state index in [2.05, 4.69) is 20.9 Å². The highest BCUT2D eigenvalue weighted by Crippen LogP contribution is 2.22. The topological polar surface area (TPSA) is 30.0 Å². The highest BCUT2D eigenvalue weighted by Gasteiger charge is 2.10. The summed E-state index contributed by atoms with van der Waals surface area (Å²) in [5.74, 6) is 0.0309. The minimum atomic E-state index is 0.0309. The van der Waals surface area contributed by atoms with Crippen molar-refractivity contribution < 1.29 is 4.79 Å². The fourth-order valence-electron chi connectivity index (χ4n) is 1.32. The van der Waals surface area contributed by atoms with Crippen molar-refractivity contribution in [1.82, 2.24) is 4.98 Å². The third-order valence-corrected chi connectivity index (χ3v) is 3.60. The molecule has 16 heavy (non-hydrogen) atoms. The molecule has 2 rings (SSSR count). The molecule has 2 nitrogen and oxygen atoms in total. The summed E-state index contributed by atoms with van der Waals surface area (Å²) >= 11 is 4.53. The Morgan fingerprint density at radius 2 is 2.06 bits per heavy atom. The van der Waals surface area contributed by atoms with Crippen molar-refractivity contribution in [2.75, 3.05) is 5.33 Å². The van der Waals surface area contributed by atoms with Crippen molar-refractivity contribution in [3.05, 3.63) is 40.2 Å². The molecular formula is C12H10BrNOS. The van der Waals surface area contributed by atoms with Crippen LogP contribution >= 0.6 is 27.3 Å². The second-order valence-corrected chi connectivity index (χ2v) is 4.88. The van der Waals surface area contributed by atoms with Gasteiger partial charge in [-0.1, -0.05) is 45.8 Å². The number of thiazole rings is 1. The lowest BCUT2D eigenvalue weighted by Crippen LogP contribution is -1.98. The molecule has 0 aliphatic rings. The summed E-state index contributed by atoms with van der Waals surface area (Å²) in [4.78, 5) is 15.7. The fourth-order valence-corrected chi connectivity index (χ4v) is 2.53. The Labute approximate surface area is 106 Å². The van der Waals surface area contributed by atoms with E-state index in [0.29, 0.717) is 10.3 Å². The number of halogens is 1. The van der Waals surface area contributed by atoms with Crippen LogP contribution in [0.3, 0.4) is 0 Å². The number of nitrogens with zero attached hydrogens (tertiary/aromatic N) is 1. The molecular weight excluding hydrogens is 286 g/mol. The number of hydrogen-bond acceptors (Lipinski definition) is 3. The molecule has 0 amide bonds. The first-order valence-electron chi connectivity index (χ1n) is 4.82. The summed E-state index contributed by atoms with van der Waals surface area (Å²) in [6.45, 7) is 2.05. The lowest BCUT2D eigenvalue weighted by atomic mass is 10.1. The largest absolute Gasteiger partial charge is 0.291 e. The normalized spacial score (nSPS) is 10.4. The number of carbonyl (C=O) groups excluding carboxylic acids is 1. The van der Waals surface area contributed by atoms with E-state index >= 15 is 0 Å². The summed E-state index contributed by atoms with van der Waals surface area (Å²) in [7, 11) is 0. The monoisotopic (exact) mass is 295 g/mol. The van der Waals surface area contributed by atoms with Crippen LogP contribution in [-0.4, -0.2) is 16.1 Å². The van der Waals surface area contributed by atoms with Gasteiger partial charge >= 0.3 is 0 Å². The van der Waals surface area contributed by atoms with Crippen molar-refractivity contribution in [1.29, 1.82) is 0 Å². The summed E-state index contributed by atoms with van der Waals surface area (Å²) in [6.07, 6.45) is 0. The first-order chi connectivity index (χ1) is 7.70. The number of aryl methyl sites for hydroxylation is 1. The van der Waals surface area contributed by atoms with Gasteiger partial charge in [0.25, 0.3) is 0 Å². The van der Waals surface area contributed by atoms with Gasteiger partial charge in [0.15, 0.2) is 5.01 Å². The lowest BCUT2D eigenvalue weighted by molar-refractivity contribution is 0.102. The molecule has 1 heterocycles. The van der Waals surface area contributed by atoms with Crippen LogP contribution in [0.4, 0.5) is 0 Å². The van der Waals surface area contributed by atoms with Crippen molar-refractivity contribution in [2.45, 2.75) is 6.92 Å². The summed E-state index contributed by atoms with van der Waals surface area (Å²) < 4.78 is 0. The number of benzene rings is 1. The lowest BCUT2D eigenvalue weighted by Gasteiger charge is -1.96. The molecule has 0 atom stereocenters.